The van der Waals surface area contributed by atoms with E-state index in [0.29, 0.717) is 6.54 Å². The van der Waals surface area contributed by atoms with E-state index in [9.17, 15) is 9.59 Å². The second kappa shape index (κ2) is 7.40. The van der Waals surface area contributed by atoms with Crippen molar-refractivity contribution in [2.75, 3.05) is 32.5 Å². The maximum atomic E-state index is 12.5. The zero-order valence-corrected chi connectivity index (χ0v) is 14.4. The van der Waals surface area contributed by atoms with Gasteiger partial charge in [0.25, 0.3) is 0 Å². The average molecular weight is 305 g/mol. The lowest BCUT2D eigenvalue weighted by Gasteiger charge is -2.24. The fourth-order valence-electron chi connectivity index (χ4n) is 1.88. The average Bonchev–Trinajstić information content (AvgIpc) is 2.43. The third-order valence-corrected chi connectivity index (χ3v) is 3.83. The fourth-order valence-corrected chi connectivity index (χ4v) is 1.88. The molecule has 0 aliphatic heterocycles. The standard InChI is InChI=1S/C17H27N3O2/c1-12-8-7-9-14(13(12)2)19-16(22)17(3,4)15(21)18-10-11-20(5)6/h7-9H,10-11H2,1-6H3,(H,18,21)(H,19,22). The molecule has 1 aromatic carbocycles. The smallest absolute Gasteiger partial charge is 0.239 e. The molecule has 0 saturated heterocycles. The Morgan fingerprint density at radius 3 is 2.36 bits per heavy atom. The Hall–Kier alpha value is -1.88. The minimum Gasteiger partial charge on any atom is -0.354 e. The number of nitrogens with zero attached hydrogens (tertiary/aromatic N) is 1. The zero-order chi connectivity index (χ0) is 16.9. The van der Waals surface area contributed by atoms with Crippen LogP contribution >= 0.6 is 0 Å². The summed E-state index contributed by atoms with van der Waals surface area (Å²) in [5, 5.41) is 5.67. The Morgan fingerprint density at radius 1 is 1.14 bits per heavy atom. The Balaban J connectivity index is 2.73. The molecule has 5 nitrogen and oxygen atoms in total. The van der Waals surface area contributed by atoms with Gasteiger partial charge in [-0.1, -0.05) is 12.1 Å². The van der Waals surface area contributed by atoms with Crippen LogP contribution in [0.5, 0.6) is 0 Å². The number of likely N-dealkylation sites (N-methyl/N-ethyl adjacent to an activating group) is 1. The Morgan fingerprint density at radius 2 is 1.77 bits per heavy atom. The van der Waals surface area contributed by atoms with Gasteiger partial charge in [0.05, 0.1) is 0 Å². The van der Waals surface area contributed by atoms with Crippen LogP contribution in [-0.4, -0.2) is 43.9 Å². The molecule has 1 rings (SSSR count). The SMILES string of the molecule is Cc1cccc(NC(=O)C(C)(C)C(=O)NCCN(C)C)c1C. The first-order valence-corrected chi connectivity index (χ1v) is 7.47. The monoisotopic (exact) mass is 305 g/mol. The number of anilines is 1. The molecule has 0 unspecified atom stereocenters. The topological polar surface area (TPSA) is 61.4 Å². The molecule has 0 aromatic heterocycles. The molecular formula is C17H27N3O2. The lowest BCUT2D eigenvalue weighted by atomic mass is 9.90. The third-order valence-electron chi connectivity index (χ3n) is 3.83. The van der Waals surface area contributed by atoms with Crippen molar-refractivity contribution < 1.29 is 9.59 Å². The molecule has 1 aromatic rings. The van der Waals surface area contributed by atoms with Crippen molar-refractivity contribution in [3.05, 3.63) is 29.3 Å². The third kappa shape index (κ3) is 4.56. The van der Waals surface area contributed by atoms with Crippen molar-refractivity contribution in [3.8, 4) is 0 Å². The van der Waals surface area contributed by atoms with Gasteiger partial charge < -0.3 is 15.5 Å². The Bertz CT molecular complexity index is 551. The predicted octanol–water partition coefficient (Wildman–Crippen LogP) is 1.95. The first-order chi connectivity index (χ1) is 10.2. The molecule has 0 aliphatic rings. The Labute approximate surface area is 133 Å². The van der Waals surface area contributed by atoms with Gasteiger partial charge in [-0.15, -0.1) is 0 Å². The molecular weight excluding hydrogens is 278 g/mol. The quantitative estimate of drug-likeness (QED) is 0.790. The first-order valence-electron chi connectivity index (χ1n) is 7.47. The number of amides is 2. The number of carbonyl (C=O) groups is 2. The van der Waals surface area contributed by atoms with Crippen LogP contribution < -0.4 is 10.6 Å². The van der Waals surface area contributed by atoms with Gasteiger partial charge in [-0.2, -0.15) is 0 Å². The molecule has 0 fully saturated rings. The van der Waals surface area contributed by atoms with Gasteiger partial charge in [0.1, 0.15) is 5.41 Å². The van der Waals surface area contributed by atoms with Gasteiger partial charge in [-0.3, -0.25) is 9.59 Å². The summed E-state index contributed by atoms with van der Waals surface area (Å²) in [5.74, 6) is -0.569. The normalized spacial score (nSPS) is 11.4. The van der Waals surface area contributed by atoms with E-state index in [4.69, 9.17) is 0 Å². The summed E-state index contributed by atoms with van der Waals surface area (Å²) in [7, 11) is 3.87. The first kappa shape index (κ1) is 18.2. The maximum Gasteiger partial charge on any atom is 0.239 e. The lowest BCUT2D eigenvalue weighted by molar-refractivity contribution is -0.138. The zero-order valence-electron chi connectivity index (χ0n) is 14.4. The summed E-state index contributed by atoms with van der Waals surface area (Å²) in [4.78, 5) is 26.7. The molecule has 0 atom stereocenters. The molecule has 0 saturated carbocycles. The minimum absolute atomic E-state index is 0.267. The Kier molecular flexibility index (Phi) is 6.11. The minimum atomic E-state index is -1.12. The largest absolute Gasteiger partial charge is 0.354 e. The van der Waals surface area contributed by atoms with Crippen molar-refractivity contribution in [1.82, 2.24) is 10.2 Å². The summed E-state index contributed by atoms with van der Waals surface area (Å²) < 4.78 is 0. The molecule has 0 spiro atoms. The highest BCUT2D eigenvalue weighted by Gasteiger charge is 2.36. The van der Waals surface area contributed by atoms with Crippen LogP contribution in [0.2, 0.25) is 0 Å². The molecule has 5 heteroatoms. The van der Waals surface area contributed by atoms with Crippen LogP contribution in [-0.2, 0) is 9.59 Å². The lowest BCUT2D eigenvalue weighted by Crippen LogP contribution is -2.46. The summed E-state index contributed by atoms with van der Waals surface area (Å²) in [6, 6.07) is 5.73. The summed E-state index contributed by atoms with van der Waals surface area (Å²) in [6.07, 6.45) is 0. The second-order valence-electron chi connectivity index (χ2n) is 6.39. The van der Waals surface area contributed by atoms with Gasteiger partial charge in [0.15, 0.2) is 0 Å². The number of aryl methyl sites for hydroxylation is 1. The number of hydrogen-bond donors (Lipinski definition) is 2. The molecule has 122 valence electrons. The second-order valence-corrected chi connectivity index (χ2v) is 6.39. The summed E-state index contributed by atoms with van der Waals surface area (Å²) in [6.45, 7) is 8.47. The van der Waals surface area contributed by atoms with Gasteiger partial charge >= 0.3 is 0 Å². The molecule has 2 N–H and O–H groups in total. The van der Waals surface area contributed by atoms with Crippen molar-refractivity contribution in [2.24, 2.45) is 5.41 Å². The number of rotatable bonds is 6. The van der Waals surface area contributed by atoms with E-state index >= 15 is 0 Å². The van der Waals surface area contributed by atoms with Crippen LogP contribution in [0, 0.1) is 19.3 Å². The highest BCUT2D eigenvalue weighted by molar-refractivity contribution is 6.10. The summed E-state index contributed by atoms with van der Waals surface area (Å²) in [5.41, 5.74) is 1.74. The van der Waals surface area contributed by atoms with E-state index in [-0.39, 0.29) is 11.8 Å². The molecule has 0 aliphatic carbocycles. The van der Waals surface area contributed by atoms with Crippen LogP contribution in [0.3, 0.4) is 0 Å². The molecule has 0 radical (unpaired) electrons. The number of hydrogen-bond acceptors (Lipinski definition) is 3. The van der Waals surface area contributed by atoms with E-state index in [2.05, 4.69) is 10.6 Å². The van der Waals surface area contributed by atoms with E-state index in [1.807, 2.05) is 51.0 Å². The van der Waals surface area contributed by atoms with Crippen LogP contribution in [0.25, 0.3) is 0 Å². The molecule has 22 heavy (non-hydrogen) atoms. The number of nitrogens with one attached hydrogen (secondary N) is 2. The highest BCUT2D eigenvalue weighted by Crippen LogP contribution is 2.22. The van der Waals surface area contributed by atoms with Crippen molar-refractivity contribution in [2.45, 2.75) is 27.7 Å². The van der Waals surface area contributed by atoms with Crippen molar-refractivity contribution in [1.29, 1.82) is 0 Å². The van der Waals surface area contributed by atoms with E-state index in [1.165, 1.54) is 0 Å². The molecule has 2 amide bonds. The highest BCUT2D eigenvalue weighted by atomic mass is 16.2. The molecule has 0 bridgehead atoms. The van der Waals surface area contributed by atoms with Crippen LogP contribution in [0.4, 0.5) is 5.69 Å². The summed E-state index contributed by atoms with van der Waals surface area (Å²) >= 11 is 0. The maximum absolute atomic E-state index is 12.5. The van der Waals surface area contributed by atoms with E-state index in [0.717, 1.165) is 23.4 Å². The fraction of sp³-hybridized carbons (Fsp3) is 0.529. The number of carbonyl (C=O) groups excluding carboxylic acids is 2. The van der Waals surface area contributed by atoms with Crippen molar-refractivity contribution in [3.63, 3.8) is 0 Å². The van der Waals surface area contributed by atoms with Crippen LogP contribution in [0.1, 0.15) is 25.0 Å². The van der Waals surface area contributed by atoms with Crippen molar-refractivity contribution >= 4 is 17.5 Å². The van der Waals surface area contributed by atoms with E-state index in [1.54, 1.807) is 13.8 Å². The van der Waals surface area contributed by atoms with Gasteiger partial charge in [-0.25, -0.2) is 0 Å². The van der Waals surface area contributed by atoms with Crippen LogP contribution in [0.15, 0.2) is 18.2 Å². The van der Waals surface area contributed by atoms with Gasteiger partial charge in [0, 0.05) is 18.8 Å². The van der Waals surface area contributed by atoms with Gasteiger partial charge in [-0.05, 0) is 59.0 Å². The predicted molar refractivity (Wildman–Crippen MR) is 89.9 cm³/mol. The van der Waals surface area contributed by atoms with E-state index < -0.39 is 5.41 Å². The molecule has 0 heterocycles. The number of benzene rings is 1. The van der Waals surface area contributed by atoms with Gasteiger partial charge in [0.2, 0.25) is 11.8 Å².